The van der Waals surface area contributed by atoms with Gasteiger partial charge < -0.3 is 9.84 Å². The second-order valence-electron chi connectivity index (χ2n) is 7.24. The Morgan fingerprint density at radius 1 is 0.950 bits per heavy atom. The molecule has 1 atom stereocenters. The molecular weight excluding hydrogens is 252 g/mol. The van der Waals surface area contributed by atoms with Crippen LogP contribution >= 0.6 is 0 Å². The first-order valence-electron chi connectivity index (χ1n) is 8.54. The van der Waals surface area contributed by atoms with Crippen molar-refractivity contribution < 1.29 is 14.6 Å². The van der Waals surface area contributed by atoms with Gasteiger partial charge in [-0.3, -0.25) is 4.79 Å². The molecule has 2 saturated carbocycles. The number of hydrogen-bond donors (Lipinski definition) is 1. The summed E-state index contributed by atoms with van der Waals surface area (Å²) in [6, 6.07) is 0. The minimum atomic E-state index is -1.03. The van der Waals surface area contributed by atoms with Gasteiger partial charge in [-0.05, 0) is 38.5 Å². The molecule has 0 aromatic carbocycles. The third-order valence-electron chi connectivity index (χ3n) is 5.77. The fourth-order valence-electron chi connectivity index (χ4n) is 4.56. The van der Waals surface area contributed by atoms with Gasteiger partial charge in [-0.1, -0.05) is 38.5 Å². The SMILES string of the molecule is O=C(C1CCOC2(CCCC2)C1)C1(O)CCCCCC1. The summed E-state index contributed by atoms with van der Waals surface area (Å²) in [6.07, 6.45) is 12.0. The number of rotatable bonds is 2. The second-order valence-corrected chi connectivity index (χ2v) is 7.24. The average molecular weight is 280 g/mol. The molecule has 0 aromatic heterocycles. The summed E-state index contributed by atoms with van der Waals surface area (Å²) in [5.74, 6) is 0.166. The zero-order valence-corrected chi connectivity index (χ0v) is 12.5. The van der Waals surface area contributed by atoms with E-state index in [1.54, 1.807) is 0 Å². The maximum absolute atomic E-state index is 12.9. The van der Waals surface area contributed by atoms with Crippen LogP contribution in [-0.4, -0.2) is 28.7 Å². The maximum Gasteiger partial charge on any atom is 0.167 e. The number of Topliss-reactive ketones (excluding diaryl/α,β-unsaturated/α-hetero) is 1. The van der Waals surface area contributed by atoms with E-state index in [1.807, 2.05) is 0 Å². The standard InChI is InChI=1S/C17H28O3/c18-15(17(19)10-3-1-2-4-11-17)14-7-12-20-16(13-14)8-5-6-9-16/h14,19H,1-13H2. The van der Waals surface area contributed by atoms with Gasteiger partial charge in [0.2, 0.25) is 0 Å². The molecule has 3 heteroatoms. The van der Waals surface area contributed by atoms with Crippen LogP contribution in [0.15, 0.2) is 0 Å². The molecule has 3 rings (SSSR count). The summed E-state index contributed by atoms with van der Waals surface area (Å²) in [5, 5.41) is 10.8. The first-order valence-corrected chi connectivity index (χ1v) is 8.54. The summed E-state index contributed by atoms with van der Waals surface area (Å²) >= 11 is 0. The molecule has 1 N–H and O–H groups in total. The maximum atomic E-state index is 12.9. The molecule has 1 heterocycles. The van der Waals surface area contributed by atoms with E-state index in [0.29, 0.717) is 19.4 Å². The van der Waals surface area contributed by atoms with Crippen molar-refractivity contribution >= 4 is 5.78 Å². The monoisotopic (exact) mass is 280 g/mol. The number of ketones is 1. The van der Waals surface area contributed by atoms with Gasteiger partial charge in [-0.25, -0.2) is 0 Å². The van der Waals surface area contributed by atoms with Crippen molar-refractivity contribution in [3.63, 3.8) is 0 Å². The Kier molecular flexibility index (Phi) is 4.19. The highest BCUT2D eigenvalue weighted by Gasteiger charge is 2.46. The predicted octanol–water partition coefficient (Wildman–Crippen LogP) is 3.38. The van der Waals surface area contributed by atoms with E-state index in [9.17, 15) is 9.90 Å². The molecule has 20 heavy (non-hydrogen) atoms. The van der Waals surface area contributed by atoms with Gasteiger partial charge in [-0.2, -0.15) is 0 Å². The molecular formula is C17H28O3. The van der Waals surface area contributed by atoms with Crippen molar-refractivity contribution in [2.75, 3.05) is 6.61 Å². The summed E-state index contributed by atoms with van der Waals surface area (Å²) in [6.45, 7) is 0.701. The summed E-state index contributed by atoms with van der Waals surface area (Å²) in [7, 11) is 0. The molecule has 3 fully saturated rings. The van der Waals surface area contributed by atoms with Crippen LogP contribution in [0.3, 0.4) is 0 Å². The Morgan fingerprint density at radius 3 is 2.20 bits per heavy atom. The smallest absolute Gasteiger partial charge is 0.167 e. The minimum Gasteiger partial charge on any atom is -0.382 e. The Balaban J connectivity index is 1.69. The van der Waals surface area contributed by atoms with E-state index in [2.05, 4.69) is 0 Å². The molecule has 0 amide bonds. The van der Waals surface area contributed by atoms with Crippen molar-refractivity contribution in [3.05, 3.63) is 0 Å². The molecule has 3 nitrogen and oxygen atoms in total. The third kappa shape index (κ3) is 2.80. The first-order chi connectivity index (χ1) is 9.64. The molecule has 0 aromatic rings. The van der Waals surface area contributed by atoms with Crippen molar-refractivity contribution in [1.29, 1.82) is 0 Å². The van der Waals surface area contributed by atoms with Crippen LogP contribution in [0.2, 0.25) is 0 Å². The number of hydrogen-bond acceptors (Lipinski definition) is 3. The molecule has 1 aliphatic heterocycles. The van der Waals surface area contributed by atoms with Gasteiger partial charge in [0.1, 0.15) is 5.60 Å². The summed E-state index contributed by atoms with van der Waals surface area (Å²) in [4.78, 5) is 12.9. The Labute approximate surface area is 122 Å². The van der Waals surface area contributed by atoms with Crippen LogP contribution in [0.25, 0.3) is 0 Å². The second kappa shape index (κ2) is 5.76. The van der Waals surface area contributed by atoms with Gasteiger partial charge in [0.15, 0.2) is 5.78 Å². The molecule has 1 spiro atoms. The lowest BCUT2D eigenvalue weighted by atomic mass is 9.75. The van der Waals surface area contributed by atoms with E-state index < -0.39 is 5.60 Å². The first kappa shape index (κ1) is 14.5. The van der Waals surface area contributed by atoms with Gasteiger partial charge in [0.25, 0.3) is 0 Å². The topological polar surface area (TPSA) is 46.5 Å². The Hall–Kier alpha value is -0.410. The highest BCUT2D eigenvalue weighted by molar-refractivity contribution is 5.89. The summed E-state index contributed by atoms with van der Waals surface area (Å²) < 4.78 is 6.02. The molecule has 1 unspecified atom stereocenters. The highest BCUT2D eigenvalue weighted by Crippen LogP contribution is 2.44. The molecule has 3 aliphatic rings. The zero-order valence-electron chi connectivity index (χ0n) is 12.5. The van der Waals surface area contributed by atoms with Crippen molar-refractivity contribution in [2.24, 2.45) is 5.92 Å². The van der Waals surface area contributed by atoms with Crippen LogP contribution in [0.4, 0.5) is 0 Å². The average Bonchev–Trinajstić information content (AvgIpc) is 2.77. The normalized spacial score (nSPS) is 33.0. The van der Waals surface area contributed by atoms with Crippen LogP contribution in [0.5, 0.6) is 0 Å². The van der Waals surface area contributed by atoms with Crippen LogP contribution in [0, 0.1) is 5.92 Å². The van der Waals surface area contributed by atoms with E-state index in [1.165, 1.54) is 12.8 Å². The largest absolute Gasteiger partial charge is 0.382 e. The molecule has 1 saturated heterocycles. The number of carbonyl (C=O) groups is 1. The number of carbonyl (C=O) groups excluding carboxylic acids is 1. The predicted molar refractivity (Wildman–Crippen MR) is 77.5 cm³/mol. The van der Waals surface area contributed by atoms with Crippen LogP contribution in [-0.2, 0) is 9.53 Å². The Bertz CT molecular complexity index is 349. The zero-order chi connectivity index (χ0) is 14.1. The summed E-state index contributed by atoms with van der Waals surface area (Å²) in [5.41, 5.74) is -1.06. The molecule has 0 bridgehead atoms. The van der Waals surface area contributed by atoms with Crippen LogP contribution in [0.1, 0.15) is 77.0 Å². The van der Waals surface area contributed by atoms with E-state index in [4.69, 9.17) is 4.74 Å². The lowest BCUT2D eigenvalue weighted by Crippen LogP contribution is -2.48. The van der Waals surface area contributed by atoms with Crippen molar-refractivity contribution in [1.82, 2.24) is 0 Å². The minimum absolute atomic E-state index is 0.0281. The van der Waals surface area contributed by atoms with Gasteiger partial charge in [-0.15, -0.1) is 0 Å². The van der Waals surface area contributed by atoms with Gasteiger partial charge >= 0.3 is 0 Å². The van der Waals surface area contributed by atoms with Crippen molar-refractivity contribution in [3.8, 4) is 0 Å². The third-order valence-corrected chi connectivity index (χ3v) is 5.77. The number of ether oxygens (including phenoxy) is 1. The van der Waals surface area contributed by atoms with E-state index in [-0.39, 0.29) is 17.3 Å². The van der Waals surface area contributed by atoms with Crippen LogP contribution < -0.4 is 0 Å². The molecule has 0 radical (unpaired) electrons. The quantitative estimate of drug-likeness (QED) is 0.789. The Morgan fingerprint density at radius 2 is 1.55 bits per heavy atom. The fourth-order valence-corrected chi connectivity index (χ4v) is 4.56. The fraction of sp³-hybridized carbons (Fsp3) is 0.941. The number of aliphatic hydroxyl groups is 1. The van der Waals surface area contributed by atoms with Crippen molar-refractivity contribution in [2.45, 2.75) is 88.3 Å². The molecule has 2 aliphatic carbocycles. The molecule has 114 valence electrons. The van der Waals surface area contributed by atoms with E-state index >= 15 is 0 Å². The lowest BCUT2D eigenvalue weighted by Gasteiger charge is -2.40. The van der Waals surface area contributed by atoms with Gasteiger partial charge in [0.05, 0.1) is 5.60 Å². The van der Waals surface area contributed by atoms with Gasteiger partial charge in [0, 0.05) is 12.5 Å². The lowest BCUT2D eigenvalue weighted by molar-refractivity contribution is -0.154. The highest BCUT2D eigenvalue weighted by atomic mass is 16.5. The van der Waals surface area contributed by atoms with E-state index in [0.717, 1.165) is 51.4 Å².